The molecule has 0 atom stereocenters. The summed E-state index contributed by atoms with van der Waals surface area (Å²) >= 11 is 0. The van der Waals surface area contributed by atoms with Crippen LogP contribution in [0.3, 0.4) is 0 Å². The van der Waals surface area contributed by atoms with Crippen LogP contribution in [0.4, 0.5) is 0 Å². The lowest BCUT2D eigenvalue weighted by molar-refractivity contribution is 0.386. The molecule has 42 heavy (non-hydrogen) atoms. The van der Waals surface area contributed by atoms with Crippen LogP contribution in [0.25, 0.3) is 54.6 Å². The van der Waals surface area contributed by atoms with Crippen molar-refractivity contribution < 1.29 is 9.47 Å². The van der Waals surface area contributed by atoms with Gasteiger partial charge in [-0.15, -0.1) is 0 Å². The number of aryl methyl sites for hydroxylation is 4. The molecule has 0 amide bonds. The fraction of sp³-hybridized carbons (Fsp3) is 0.167. The number of fused-ring (bicyclic) bond motifs is 12. The molecule has 8 aromatic rings. The normalized spacial score (nSPS) is 12.0. The molecular weight excluding hydrogens is 520 g/mol. The molecule has 4 aromatic carbocycles. The molecule has 8 rings (SSSR count). The molecule has 0 aliphatic carbocycles. The van der Waals surface area contributed by atoms with Crippen molar-refractivity contribution in [2.24, 2.45) is 0 Å². The number of imidazole rings is 2. The topological polar surface area (TPSA) is 53.1 Å². The van der Waals surface area contributed by atoms with Crippen LogP contribution < -0.4 is 9.47 Å². The van der Waals surface area contributed by atoms with E-state index < -0.39 is 0 Å². The van der Waals surface area contributed by atoms with E-state index >= 15 is 0 Å². The molecule has 0 bridgehead atoms. The summed E-state index contributed by atoms with van der Waals surface area (Å²) in [5, 5.41) is 6.99. The first-order valence-electron chi connectivity index (χ1n) is 14.3. The van der Waals surface area contributed by atoms with Crippen molar-refractivity contribution >= 4 is 54.6 Å². The van der Waals surface area contributed by atoms with Crippen LogP contribution in [-0.4, -0.2) is 33.0 Å². The minimum atomic E-state index is 0.655. The van der Waals surface area contributed by atoms with E-state index in [9.17, 15) is 0 Å². The second-order valence-corrected chi connectivity index (χ2v) is 11.1. The molecule has 0 radical (unpaired) electrons. The number of benzene rings is 4. The molecule has 0 N–H and O–H groups in total. The van der Waals surface area contributed by atoms with Crippen molar-refractivity contribution in [1.29, 1.82) is 0 Å². The third-order valence-corrected chi connectivity index (χ3v) is 8.49. The molecule has 0 aliphatic heterocycles. The van der Waals surface area contributed by atoms with Gasteiger partial charge in [0.15, 0.2) is 0 Å². The van der Waals surface area contributed by atoms with Crippen LogP contribution >= 0.6 is 0 Å². The number of ether oxygens (including phenoxy) is 2. The maximum absolute atomic E-state index is 6.06. The molecule has 6 nitrogen and oxygen atoms in total. The van der Waals surface area contributed by atoms with Crippen LogP contribution in [0, 0.1) is 13.8 Å². The predicted molar refractivity (Wildman–Crippen MR) is 170 cm³/mol. The summed E-state index contributed by atoms with van der Waals surface area (Å²) in [6.45, 7) is 4.26. The van der Waals surface area contributed by atoms with Crippen molar-refractivity contribution in [3.63, 3.8) is 0 Å². The molecule has 4 aromatic heterocycles. The van der Waals surface area contributed by atoms with Gasteiger partial charge in [-0.3, -0.25) is 8.80 Å². The van der Waals surface area contributed by atoms with Gasteiger partial charge in [0.1, 0.15) is 22.7 Å². The Morgan fingerprint density at radius 2 is 0.929 bits per heavy atom. The first-order valence-corrected chi connectivity index (χ1v) is 14.3. The van der Waals surface area contributed by atoms with Crippen molar-refractivity contribution in [3.8, 4) is 11.8 Å². The Kier molecular flexibility index (Phi) is 5.41. The highest BCUT2D eigenvalue weighted by Crippen LogP contribution is 2.37. The fourth-order valence-corrected chi connectivity index (χ4v) is 6.64. The number of nitrogens with zero attached hydrogens (tertiary/aromatic N) is 4. The molecule has 0 saturated carbocycles. The SMILES string of the molecule is COc1c(CCc2nc3c4ccccc4c4cc(C)ccc4n3c2OC)nc2c3ccccc3c3cc(C)ccc3n12. The zero-order chi connectivity index (χ0) is 28.5. The van der Waals surface area contributed by atoms with Crippen molar-refractivity contribution in [2.75, 3.05) is 14.2 Å². The maximum Gasteiger partial charge on any atom is 0.221 e. The highest BCUT2D eigenvalue weighted by atomic mass is 16.5. The third-order valence-electron chi connectivity index (χ3n) is 8.49. The quantitative estimate of drug-likeness (QED) is 0.204. The molecule has 0 unspecified atom stereocenters. The number of methoxy groups -OCH3 is 2. The lowest BCUT2D eigenvalue weighted by Crippen LogP contribution is -2.00. The molecular formula is C36H30N4O2. The second kappa shape index (κ2) is 9.21. The van der Waals surface area contributed by atoms with Crippen LogP contribution in [0.15, 0.2) is 84.9 Å². The number of pyridine rings is 2. The van der Waals surface area contributed by atoms with Crippen molar-refractivity contribution in [1.82, 2.24) is 18.8 Å². The first-order chi connectivity index (χ1) is 20.6. The zero-order valence-corrected chi connectivity index (χ0v) is 24.1. The van der Waals surface area contributed by atoms with Gasteiger partial charge in [0.05, 0.1) is 25.3 Å². The lowest BCUT2D eigenvalue weighted by atomic mass is 10.0. The van der Waals surface area contributed by atoms with Gasteiger partial charge in [0.25, 0.3) is 0 Å². The molecule has 6 heteroatoms. The Morgan fingerprint density at radius 1 is 0.524 bits per heavy atom. The van der Waals surface area contributed by atoms with Gasteiger partial charge in [-0.05, 0) is 48.9 Å². The molecule has 206 valence electrons. The van der Waals surface area contributed by atoms with E-state index in [1.165, 1.54) is 32.7 Å². The summed E-state index contributed by atoms with van der Waals surface area (Å²) in [4.78, 5) is 10.4. The standard InChI is InChI=1S/C36H30N4O2/c1-21-13-17-31-27(19-21)23-9-5-7-11-25(23)33-37-29(35(41-3)39(31)33)15-16-30-36(42-4)40-32-18-14-22(2)20-28(32)24-10-6-8-12-26(24)34(40)38-30/h5-14,17-20H,15-16H2,1-4H3. The zero-order valence-electron chi connectivity index (χ0n) is 24.1. The third kappa shape index (κ3) is 3.44. The highest BCUT2D eigenvalue weighted by molar-refractivity contribution is 6.13. The Hall–Kier alpha value is -5.10. The van der Waals surface area contributed by atoms with Gasteiger partial charge >= 0.3 is 0 Å². The number of aromatic nitrogens is 4. The predicted octanol–water partition coefficient (Wildman–Crippen LogP) is 8.01. The summed E-state index contributed by atoms with van der Waals surface area (Å²) < 4.78 is 16.4. The van der Waals surface area contributed by atoms with Crippen molar-refractivity contribution in [2.45, 2.75) is 26.7 Å². The van der Waals surface area contributed by atoms with Crippen molar-refractivity contribution in [3.05, 3.63) is 107 Å². The van der Waals surface area contributed by atoms with Gasteiger partial charge in [0, 0.05) is 34.4 Å². The molecule has 0 aliphatic rings. The number of hydrogen-bond donors (Lipinski definition) is 0. The largest absolute Gasteiger partial charge is 0.481 e. The van der Waals surface area contributed by atoms with E-state index in [0.717, 1.165) is 56.2 Å². The monoisotopic (exact) mass is 550 g/mol. The molecule has 0 spiro atoms. The Balaban J connectivity index is 1.32. The lowest BCUT2D eigenvalue weighted by Gasteiger charge is -2.11. The number of rotatable bonds is 5. The minimum absolute atomic E-state index is 0.655. The summed E-state index contributed by atoms with van der Waals surface area (Å²) in [7, 11) is 3.46. The van der Waals surface area contributed by atoms with Crippen LogP contribution in [-0.2, 0) is 12.8 Å². The summed E-state index contributed by atoms with van der Waals surface area (Å²) in [5.41, 5.74) is 8.24. The van der Waals surface area contributed by atoms with E-state index in [-0.39, 0.29) is 0 Å². The average molecular weight is 551 g/mol. The van der Waals surface area contributed by atoms with Gasteiger partial charge in [-0.1, -0.05) is 71.8 Å². The Morgan fingerprint density at radius 3 is 1.33 bits per heavy atom. The fourth-order valence-electron chi connectivity index (χ4n) is 6.64. The van der Waals surface area contributed by atoms with Crippen LogP contribution in [0.2, 0.25) is 0 Å². The molecule has 0 fully saturated rings. The maximum atomic E-state index is 6.06. The van der Waals surface area contributed by atoms with Gasteiger partial charge in [-0.25, -0.2) is 9.97 Å². The smallest absolute Gasteiger partial charge is 0.221 e. The van der Waals surface area contributed by atoms with E-state index in [1.54, 1.807) is 14.2 Å². The van der Waals surface area contributed by atoms with E-state index in [1.807, 2.05) is 0 Å². The van der Waals surface area contributed by atoms with Crippen LogP contribution in [0.1, 0.15) is 22.5 Å². The highest BCUT2D eigenvalue weighted by Gasteiger charge is 2.22. The molecule has 0 saturated heterocycles. The average Bonchev–Trinajstić information content (AvgIpc) is 3.58. The van der Waals surface area contributed by atoms with Crippen LogP contribution in [0.5, 0.6) is 11.8 Å². The summed E-state index contributed by atoms with van der Waals surface area (Å²) in [5.74, 6) is 1.53. The Labute approximate surface area is 242 Å². The minimum Gasteiger partial charge on any atom is -0.481 e. The summed E-state index contributed by atoms with van der Waals surface area (Å²) in [6, 6.07) is 30.1. The summed E-state index contributed by atoms with van der Waals surface area (Å²) in [6.07, 6.45) is 1.31. The van der Waals surface area contributed by atoms with E-state index in [4.69, 9.17) is 19.4 Å². The number of hydrogen-bond acceptors (Lipinski definition) is 4. The van der Waals surface area contributed by atoms with Gasteiger partial charge in [-0.2, -0.15) is 0 Å². The Bertz CT molecular complexity index is 2200. The van der Waals surface area contributed by atoms with E-state index in [0.29, 0.717) is 12.8 Å². The van der Waals surface area contributed by atoms with E-state index in [2.05, 4.69) is 108 Å². The second-order valence-electron chi connectivity index (χ2n) is 11.1. The first kappa shape index (κ1) is 24.7. The van der Waals surface area contributed by atoms with Gasteiger partial charge < -0.3 is 9.47 Å². The molecule has 4 heterocycles. The van der Waals surface area contributed by atoms with Gasteiger partial charge in [0.2, 0.25) is 11.8 Å².